The van der Waals surface area contributed by atoms with Gasteiger partial charge in [-0.3, -0.25) is 14.5 Å². The molecule has 4 aromatic rings. The van der Waals surface area contributed by atoms with Crippen LogP contribution in [0.5, 0.6) is 0 Å². The number of hydrogen-bond donors (Lipinski definition) is 2. The van der Waals surface area contributed by atoms with E-state index in [2.05, 4.69) is 67.6 Å². The summed E-state index contributed by atoms with van der Waals surface area (Å²) < 4.78 is 0.841. The maximum Gasteiger partial charge on any atom is 0.253 e. The molecule has 4 aromatic carbocycles. The van der Waals surface area contributed by atoms with E-state index in [0.717, 1.165) is 70.6 Å². The number of halogens is 1. The topological polar surface area (TPSA) is 64.7 Å². The summed E-state index contributed by atoms with van der Waals surface area (Å²) in [4.78, 5) is 30.8. The average molecular weight is 724 g/mol. The second-order valence-corrected chi connectivity index (χ2v) is 14.4. The first-order chi connectivity index (χ1) is 23.7. The zero-order chi connectivity index (χ0) is 34.8. The van der Waals surface area contributed by atoms with Gasteiger partial charge in [0, 0.05) is 29.2 Å². The molecule has 3 atom stereocenters. The first-order valence-electron chi connectivity index (χ1n) is 17.7. The Hall–Kier alpha value is -3.78. The molecule has 0 saturated carbocycles. The van der Waals surface area contributed by atoms with Gasteiger partial charge in [0.05, 0.1) is 17.6 Å². The van der Waals surface area contributed by atoms with Crippen LogP contribution in [0.15, 0.2) is 102 Å². The van der Waals surface area contributed by atoms with Crippen molar-refractivity contribution < 1.29 is 9.59 Å². The van der Waals surface area contributed by atoms with Crippen molar-refractivity contribution in [3.05, 3.63) is 140 Å². The summed E-state index contributed by atoms with van der Waals surface area (Å²) in [5.41, 5.74) is 6.88. The molecule has 2 unspecified atom stereocenters. The normalized spacial score (nSPS) is 17.5. The molecule has 2 aliphatic rings. The van der Waals surface area contributed by atoms with Crippen LogP contribution < -0.4 is 10.6 Å². The first kappa shape index (κ1) is 36.5. The summed E-state index contributed by atoms with van der Waals surface area (Å²) in [6.07, 6.45) is 4.98. The molecular weight excluding hydrogens is 672 g/mol. The van der Waals surface area contributed by atoms with Gasteiger partial charge in [-0.15, -0.1) is 0 Å². The van der Waals surface area contributed by atoms with Crippen molar-refractivity contribution >= 4 is 27.7 Å². The van der Waals surface area contributed by atoms with Crippen LogP contribution in [0.25, 0.3) is 0 Å². The van der Waals surface area contributed by atoms with Crippen LogP contribution in [-0.2, 0) is 0 Å². The SMILES string of the molecule is Cc1cccc(Br)c1C(=O)NC(CN1CCCC1)c1ccccc1.Cc1cccc(C)c1C(=O)N[C@H](CN1CCCC1C)c1ccccc1. The third-order valence-corrected chi connectivity index (χ3v) is 10.6. The number of benzene rings is 4. The van der Waals surface area contributed by atoms with E-state index in [-0.39, 0.29) is 23.9 Å². The second kappa shape index (κ2) is 17.7. The minimum atomic E-state index is -0.0203. The Morgan fingerprint density at radius 3 is 1.65 bits per heavy atom. The van der Waals surface area contributed by atoms with Crippen LogP contribution in [0.4, 0.5) is 0 Å². The fourth-order valence-electron chi connectivity index (χ4n) is 7.11. The van der Waals surface area contributed by atoms with Crippen LogP contribution in [0.3, 0.4) is 0 Å². The van der Waals surface area contributed by atoms with Crippen molar-refractivity contribution in [2.45, 2.75) is 71.5 Å². The number of amides is 2. The molecule has 0 spiro atoms. The van der Waals surface area contributed by atoms with E-state index in [0.29, 0.717) is 6.04 Å². The lowest BCUT2D eigenvalue weighted by atomic mass is 10.0. The lowest BCUT2D eigenvalue weighted by molar-refractivity contribution is 0.0915. The predicted molar refractivity (Wildman–Crippen MR) is 204 cm³/mol. The van der Waals surface area contributed by atoms with Gasteiger partial charge in [0.15, 0.2) is 0 Å². The molecule has 2 saturated heterocycles. The Balaban J connectivity index is 0.000000191. The highest BCUT2D eigenvalue weighted by Gasteiger charge is 2.26. The molecule has 258 valence electrons. The first-order valence-corrected chi connectivity index (χ1v) is 18.5. The molecule has 0 aromatic heterocycles. The number of carbonyl (C=O) groups is 2. The molecule has 0 radical (unpaired) electrons. The second-order valence-electron chi connectivity index (χ2n) is 13.6. The molecule has 2 fully saturated rings. The fourth-order valence-corrected chi connectivity index (χ4v) is 7.76. The number of carbonyl (C=O) groups excluding carboxylic acids is 2. The quantitative estimate of drug-likeness (QED) is 0.172. The van der Waals surface area contributed by atoms with Crippen molar-refractivity contribution in [2.75, 3.05) is 32.7 Å². The Morgan fingerprint density at radius 1 is 0.653 bits per heavy atom. The minimum Gasteiger partial charge on any atom is -0.344 e. The Labute approximate surface area is 301 Å². The van der Waals surface area contributed by atoms with Gasteiger partial charge in [-0.2, -0.15) is 0 Å². The Morgan fingerprint density at radius 2 is 1.14 bits per heavy atom. The molecule has 2 heterocycles. The number of nitrogens with zero attached hydrogens (tertiary/aromatic N) is 2. The summed E-state index contributed by atoms with van der Waals surface area (Å²) in [6.45, 7) is 13.3. The summed E-state index contributed by atoms with van der Waals surface area (Å²) in [5.74, 6) is 0.00401. The number of aryl methyl sites for hydroxylation is 3. The van der Waals surface area contributed by atoms with Crippen molar-refractivity contribution in [1.82, 2.24) is 20.4 Å². The van der Waals surface area contributed by atoms with Crippen LogP contribution in [0.1, 0.15) is 93.2 Å². The van der Waals surface area contributed by atoms with E-state index in [1.54, 1.807) is 0 Å². The lowest BCUT2D eigenvalue weighted by Gasteiger charge is -2.28. The Kier molecular flexibility index (Phi) is 13.2. The highest BCUT2D eigenvalue weighted by molar-refractivity contribution is 9.10. The molecule has 0 bridgehead atoms. The van der Waals surface area contributed by atoms with E-state index in [1.807, 2.05) is 93.6 Å². The van der Waals surface area contributed by atoms with E-state index < -0.39 is 0 Å². The summed E-state index contributed by atoms with van der Waals surface area (Å²) in [6, 6.07) is 33.0. The number of rotatable bonds is 10. The zero-order valence-corrected chi connectivity index (χ0v) is 31.0. The highest BCUT2D eigenvalue weighted by atomic mass is 79.9. The molecule has 0 aliphatic carbocycles. The molecule has 7 heteroatoms. The largest absolute Gasteiger partial charge is 0.344 e. The molecule has 2 N–H and O–H groups in total. The van der Waals surface area contributed by atoms with Crippen LogP contribution in [-0.4, -0.2) is 60.4 Å². The third kappa shape index (κ3) is 9.90. The van der Waals surface area contributed by atoms with E-state index in [1.165, 1.54) is 31.2 Å². The average Bonchev–Trinajstić information content (AvgIpc) is 3.76. The molecule has 6 nitrogen and oxygen atoms in total. The van der Waals surface area contributed by atoms with Crippen molar-refractivity contribution in [3.63, 3.8) is 0 Å². The van der Waals surface area contributed by atoms with Gasteiger partial charge in [-0.05, 0) is 123 Å². The maximum absolute atomic E-state index is 13.0. The van der Waals surface area contributed by atoms with Gasteiger partial charge in [0.2, 0.25) is 0 Å². The van der Waals surface area contributed by atoms with Crippen molar-refractivity contribution in [1.29, 1.82) is 0 Å². The van der Waals surface area contributed by atoms with Gasteiger partial charge in [-0.25, -0.2) is 0 Å². The Bertz CT molecular complexity index is 1630. The van der Waals surface area contributed by atoms with E-state index >= 15 is 0 Å². The standard InChI is InChI=1S/C22H28N2O.C20H23BrN2O/c1-16-9-7-10-17(2)21(16)22(25)23-20(19-12-5-4-6-13-19)15-24-14-8-11-18(24)3;1-15-8-7-11-17(21)19(15)20(24)22-18(14-23-12-5-6-13-23)16-9-3-2-4-10-16/h4-7,9-10,12-13,18,20H,8,11,14-15H2,1-3H3,(H,23,25);2-4,7-11,18H,5-6,12-14H2,1H3,(H,22,24)/t18?,20-;/m1./s1. The molecule has 6 rings (SSSR count). The monoisotopic (exact) mass is 722 g/mol. The van der Waals surface area contributed by atoms with Gasteiger partial charge < -0.3 is 15.5 Å². The van der Waals surface area contributed by atoms with Gasteiger partial charge in [0.25, 0.3) is 11.8 Å². The number of nitrogens with one attached hydrogen (secondary N) is 2. The van der Waals surface area contributed by atoms with Crippen LogP contribution in [0.2, 0.25) is 0 Å². The van der Waals surface area contributed by atoms with Crippen LogP contribution >= 0.6 is 15.9 Å². The summed E-state index contributed by atoms with van der Waals surface area (Å²) >= 11 is 3.51. The third-order valence-electron chi connectivity index (χ3n) is 9.92. The highest BCUT2D eigenvalue weighted by Crippen LogP contribution is 2.25. The van der Waals surface area contributed by atoms with Gasteiger partial charge in [0.1, 0.15) is 0 Å². The van der Waals surface area contributed by atoms with E-state index in [9.17, 15) is 9.59 Å². The van der Waals surface area contributed by atoms with E-state index in [4.69, 9.17) is 0 Å². The van der Waals surface area contributed by atoms with Crippen molar-refractivity contribution in [3.8, 4) is 0 Å². The summed E-state index contributed by atoms with van der Waals surface area (Å²) in [5, 5.41) is 6.55. The lowest BCUT2D eigenvalue weighted by Crippen LogP contribution is -2.39. The van der Waals surface area contributed by atoms with Crippen LogP contribution in [0, 0.1) is 20.8 Å². The molecular formula is C42H51BrN4O2. The fraction of sp³-hybridized carbons (Fsp3) is 0.381. The molecule has 2 amide bonds. The number of likely N-dealkylation sites (tertiary alicyclic amines) is 2. The summed E-state index contributed by atoms with van der Waals surface area (Å²) in [7, 11) is 0. The van der Waals surface area contributed by atoms with Gasteiger partial charge in [-0.1, -0.05) is 91.0 Å². The smallest absolute Gasteiger partial charge is 0.253 e. The maximum atomic E-state index is 13.0. The predicted octanol–water partition coefficient (Wildman–Crippen LogP) is 8.58. The van der Waals surface area contributed by atoms with Gasteiger partial charge >= 0.3 is 0 Å². The molecule has 2 aliphatic heterocycles. The minimum absolute atomic E-state index is 0.00306. The molecule has 49 heavy (non-hydrogen) atoms. The zero-order valence-electron chi connectivity index (χ0n) is 29.4. The number of hydrogen-bond acceptors (Lipinski definition) is 4. The van der Waals surface area contributed by atoms with Crippen molar-refractivity contribution in [2.24, 2.45) is 0 Å².